The average Bonchev–Trinajstić information content (AvgIpc) is 3.23. The number of aliphatic hydroxyl groups excluding tert-OH is 1. The first kappa shape index (κ1) is 27.5. The topological polar surface area (TPSA) is 68.9 Å². The lowest BCUT2D eigenvalue weighted by Gasteiger charge is -2.41. The van der Waals surface area contributed by atoms with Gasteiger partial charge in [-0.05, 0) is 29.1 Å². The number of esters is 1. The maximum Gasteiger partial charge on any atom is 0.337 e. The molecule has 2 rings (SSSR count). The minimum Gasteiger partial charge on any atom is -0.518 e. The molecular weight excluding hydrogens is 448 g/mol. The van der Waals surface area contributed by atoms with Crippen LogP contribution in [0, 0.1) is 11.5 Å². The van der Waals surface area contributed by atoms with Crippen LogP contribution >= 0.6 is 0 Å². The third kappa shape index (κ3) is 6.23. The Kier molecular flexibility index (Phi) is 8.88. The molecule has 1 aromatic rings. The normalized spacial score (nSPS) is 15.9. The molecule has 0 spiro atoms. The van der Waals surface area contributed by atoms with Crippen LogP contribution in [-0.4, -0.2) is 34.1 Å². The molecule has 0 saturated carbocycles. The van der Waals surface area contributed by atoms with E-state index in [0.717, 1.165) is 5.57 Å². The summed E-state index contributed by atoms with van der Waals surface area (Å²) >= 11 is 0. The number of hydrogen-bond donors (Lipinski definition) is 1. The molecule has 0 aromatic carbocycles. The second kappa shape index (κ2) is 10.7. The molecule has 1 aliphatic heterocycles. The van der Waals surface area contributed by atoms with Gasteiger partial charge in [0.25, 0.3) is 14.3 Å². The van der Waals surface area contributed by atoms with Gasteiger partial charge in [0.2, 0.25) is 0 Å². The number of hydrogen-bond acceptors (Lipinski definition) is 5. The van der Waals surface area contributed by atoms with Gasteiger partial charge in [-0.3, -0.25) is 0 Å². The highest BCUT2D eigenvalue weighted by molar-refractivity contribution is 6.83. The molecule has 1 atom stereocenters. The van der Waals surface area contributed by atoms with E-state index < -0.39 is 28.5 Å². The van der Waals surface area contributed by atoms with Gasteiger partial charge in [0.1, 0.15) is 26.5 Å². The van der Waals surface area contributed by atoms with Crippen molar-refractivity contribution in [3.05, 3.63) is 28.5 Å². The Hall–Kier alpha value is -1.76. The van der Waals surface area contributed by atoms with Crippen molar-refractivity contribution in [3.63, 3.8) is 0 Å². The second-order valence-electron chi connectivity index (χ2n) is 11.1. The van der Waals surface area contributed by atoms with Crippen LogP contribution in [0.2, 0.25) is 36.3 Å². The van der Waals surface area contributed by atoms with Crippen LogP contribution in [-0.2, 0) is 16.0 Å². The summed E-state index contributed by atoms with van der Waals surface area (Å²) in [5.41, 5.74) is 6.16. The third-order valence-corrected chi connectivity index (χ3v) is 13.3. The van der Waals surface area contributed by atoms with Crippen molar-refractivity contribution in [1.29, 1.82) is 0 Å². The number of furan rings is 1. The van der Waals surface area contributed by atoms with Gasteiger partial charge >= 0.3 is 5.97 Å². The van der Waals surface area contributed by atoms with Crippen LogP contribution in [0.15, 0.2) is 21.6 Å². The van der Waals surface area contributed by atoms with Crippen LogP contribution in [0.4, 0.5) is 0 Å². The summed E-state index contributed by atoms with van der Waals surface area (Å²) in [6, 6.07) is 1.78. The molecule has 0 bridgehead atoms. The fourth-order valence-electron chi connectivity index (χ4n) is 4.93. The summed E-state index contributed by atoms with van der Waals surface area (Å²) < 4.78 is 18.1. The molecule has 0 radical (unpaired) electrons. The summed E-state index contributed by atoms with van der Waals surface area (Å²) in [7, 11) is -3.70. The molecule has 7 heteroatoms. The highest BCUT2D eigenvalue weighted by Crippen LogP contribution is 2.44. The van der Waals surface area contributed by atoms with Gasteiger partial charge in [-0.1, -0.05) is 61.2 Å². The Morgan fingerprint density at radius 1 is 1.09 bits per heavy atom. The van der Waals surface area contributed by atoms with Gasteiger partial charge in [-0.25, -0.2) is 4.79 Å². The van der Waals surface area contributed by atoms with Gasteiger partial charge in [0, 0.05) is 24.5 Å². The number of carbonyl (C=O) groups is 1. The Bertz CT molecular complexity index is 916. The van der Waals surface area contributed by atoms with Gasteiger partial charge in [-0.2, -0.15) is 0 Å². The summed E-state index contributed by atoms with van der Waals surface area (Å²) in [6.07, 6.45) is 0.0728. The van der Waals surface area contributed by atoms with E-state index in [1.54, 1.807) is 6.07 Å². The van der Waals surface area contributed by atoms with Crippen LogP contribution in [0.5, 0.6) is 5.95 Å². The van der Waals surface area contributed by atoms with E-state index in [0.29, 0.717) is 52.3 Å². The quantitative estimate of drug-likeness (QED) is 0.241. The maximum atomic E-state index is 12.3. The van der Waals surface area contributed by atoms with Crippen molar-refractivity contribution in [1.82, 2.24) is 0 Å². The SMILES string of the molecule is CC1=C(C(O)c2cc(O[Si](C(C)C)(C(C)C)C(C)C)oc2CCC#C[Si](C)(C)C)C(=O)OC1. The predicted octanol–water partition coefficient (Wildman–Crippen LogP) is 6.55. The van der Waals surface area contributed by atoms with E-state index in [2.05, 4.69) is 72.6 Å². The minimum absolute atomic E-state index is 0.216. The molecule has 2 heterocycles. The number of aryl methyl sites for hydroxylation is 1. The Morgan fingerprint density at radius 3 is 2.12 bits per heavy atom. The molecule has 184 valence electrons. The highest BCUT2D eigenvalue weighted by atomic mass is 28.4. The Labute approximate surface area is 202 Å². The lowest BCUT2D eigenvalue weighted by molar-refractivity contribution is -0.137. The summed E-state index contributed by atoms with van der Waals surface area (Å²) in [5, 5.41) is 11.2. The first-order chi connectivity index (χ1) is 15.2. The van der Waals surface area contributed by atoms with E-state index >= 15 is 0 Å². The minimum atomic E-state index is -2.24. The Balaban J connectivity index is 2.48. The van der Waals surface area contributed by atoms with Crippen molar-refractivity contribution in [3.8, 4) is 17.4 Å². The van der Waals surface area contributed by atoms with Crippen molar-refractivity contribution in [2.45, 2.75) is 104 Å². The molecular formula is C26H42O5Si2. The van der Waals surface area contributed by atoms with Crippen LogP contribution in [0.25, 0.3) is 0 Å². The molecule has 1 aliphatic rings. The maximum absolute atomic E-state index is 12.3. The molecule has 0 amide bonds. The van der Waals surface area contributed by atoms with E-state index in [9.17, 15) is 9.90 Å². The fourth-order valence-corrected chi connectivity index (χ4v) is 10.7. The van der Waals surface area contributed by atoms with Gasteiger partial charge in [0.15, 0.2) is 0 Å². The van der Waals surface area contributed by atoms with E-state index in [4.69, 9.17) is 13.6 Å². The van der Waals surface area contributed by atoms with Crippen LogP contribution in [0.3, 0.4) is 0 Å². The highest BCUT2D eigenvalue weighted by Gasteiger charge is 2.48. The zero-order chi connectivity index (χ0) is 25.1. The van der Waals surface area contributed by atoms with E-state index in [1.807, 2.05) is 6.92 Å². The van der Waals surface area contributed by atoms with Gasteiger partial charge in [-0.15, -0.1) is 11.5 Å². The third-order valence-electron chi connectivity index (χ3n) is 6.41. The molecule has 0 aliphatic carbocycles. The first-order valence-corrected chi connectivity index (χ1v) is 17.7. The smallest absolute Gasteiger partial charge is 0.337 e. The summed E-state index contributed by atoms with van der Waals surface area (Å²) in [6.45, 7) is 22.0. The number of ether oxygens (including phenoxy) is 1. The zero-order valence-corrected chi connectivity index (χ0v) is 24.1. The molecule has 1 N–H and O–H groups in total. The molecule has 33 heavy (non-hydrogen) atoms. The first-order valence-electron chi connectivity index (χ1n) is 12.1. The summed E-state index contributed by atoms with van der Waals surface area (Å²) in [5.74, 6) is 3.87. The molecule has 0 saturated heterocycles. The molecule has 5 nitrogen and oxygen atoms in total. The van der Waals surface area contributed by atoms with E-state index in [1.165, 1.54) is 0 Å². The van der Waals surface area contributed by atoms with Crippen molar-refractivity contribution in [2.24, 2.45) is 0 Å². The standard InChI is InChI=1S/C26H42O5Si2/c1-17(2)33(18(3)4,19(5)6)31-23-15-21(25(27)24-20(7)16-29-26(24)28)22(30-23)13-11-12-14-32(8,9)10/h15,17-19,25,27H,11,13,16H2,1-10H3. The monoisotopic (exact) mass is 490 g/mol. The molecule has 1 aromatic heterocycles. The molecule has 1 unspecified atom stereocenters. The number of rotatable bonds is 9. The van der Waals surface area contributed by atoms with E-state index in [-0.39, 0.29) is 6.61 Å². The predicted molar refractivity (Wildman–Crippen MR) is 138 cm³/mol. The lowest BCUT2D eigenvalue weighted by atomic mass is 9.98. The van der Waals surface area contributed by atoms with Gasteiger partial charge < -0.3 is 18.7 Å². The van der Waals surface area contributed by atoms with Gasteiger partial charge in [0.05, 0.1) is 5.57 Å². The fraction of sp³-hybridized carbons (Fsp3) is 0.654. The Morgan fingerprint density at radius 2 is 1.67 bits per heavy atom. The number of aliphatic hydroxyl groups is 1. The number of carbonyl (C=O) groups excluding carboxylic acids is 1. The van der Waals surface area contributed by atoms with Crippen LogP contribution in [0.1, 0.15) is 72.3 Å². The molecule has 0 fully saturated rings. The van der Waals surface area contributed by atoms with Crippen molar-refractivity contribution >= 4 is 22.4 Å². The number of cyclic esters (lactones) is 1. The van der Waals surface area contributed by atoms with Crippen LogP contribution < -0.4 is 4.43 Å². The summed E-state index contributed by atoms with van der Waals surface area (Å²) in [4.78, 5) is 12.3. The average molecular weight is 491 g/mol. The lowest BCUT2D eigenvalue weighted by Crippen LogP contribution is -2.50. The second-order valence-corrected chi connectivity index (χ2v) is 21.2. The van der Waals surface area contributed by atoms with Crippen molar-refractivity contribution in [2.75, 3.05) is 6.61 Å². The largest absolute Gasteiger partial charge is 0.518 e. The zero-order valence-electron chi connectivity index (χ0n) is 22.1. The van der Waals surface area contributed by atoms with Crippen molar-refractivity contribution < 1.29 is 23.5 Å².